The predicted molar refractivity (Wildman–Crippen MR) is 93.2 cm³/mol. The molecule has 0 aromatic rings. The summed E-state index contributed by atoms with van der Waals surface area (Å²) in [6, 6.07) is -0.510. The van der Waals surface area contributed by atoms with Gasteiger partial charge in [-0.25, -0.2) is 6.57 Å². The summed E-state index contributed by atoms with van der Waals surface area (Å²) < 4.78 is 29.3. The summed E-state index contributed by atoms with van der Waals surface area (Å²) >= 11 is 0. The van der Waals surface area contributed by atoms with Crippen molar-refractivity contribution in [2.45, 2.75) is 69.1 Å². The van der Waals surface area contributed by atoms with E-state index >= 15 is 0 Å². The van der Waals surface area contributed by atoms with Crippen molar-refractivity contribution in [3.8, 4) is 0 Å². The number of nitrogens with zero attached hydrogens (tertiary/aromatic N) is 1. The summed E-state index contributed by atoms with van der Waals surface area (Å²) in [5.41, 5.74) is 0. The van der Waals surface area contributed by atoms with E-state index in [0.29, 0.717) is 13.2 Å². The van der Waals surface area contributed by atoms with Gasteiger partial charge in [-0.2, -0.15) is 0 Å². The summed E-state index contributed by atoms with van der Waals surface area (Å²) in [7, 11) is 6.77. The van der Waals surface area contributed by atoms with Crippen LogP contribution in [0.3, 0.4) is 0 Å². The quantitative estimate of drug-likeness (QED) is 0.275. The van der Waals surface area contributed by atoms with E-state index in [4.69, 9.17) is 37.7 Å². The van der Waals surface area contributed by atoms with E-state index < -0.39 is 14.4 Å². The highest BCUT2D eigenvalue weighted by molar-refractivity contribution is 7.46. The van der Waals surface area contributed by atoms with Crippen LogP contribution in [0.5, 0.6) is 0 Å². The summed E-state index contributed by atoms with van der Waals surface area (Å²) in [5, 5.41) is 0. The van der Waals surface area contributed by atoms with Crippen molar-refractivity contribution < 1.29 is 23.3 Å². The highest BCUT2D eigenvalue weighted by Crippen LogP contribution is 2.41. The molecule has 2 aliphatic rings. The molecule has 1 heterocycles. The summed E-state index contributed by atoms with van der Waals surface area (Å²) in [6.45, 7) is 11.4. The number of rotatable bonds is 9. The Morgan fingerprint density at radius 2 is 2.04 bits per heavy atom. The molecule has 134 valence electrons. The lowest BCUT2D eigenvalue weighted by Gasteiger charge is -2.30. The normalized spacial score (nSPS) is 37.4. The first kappa shape index (κ1) is 20.1. The first-order valence-electron chi connectivity index (χ1n) is 8.56. The summed E-state index contributed by atoms with van der Waals surface area (Å²) in [6.07, 6.45) is 3.30. The zero-order chi connectivity index (χ0) is 17.5. The molecule has 6 nitrogen and oxygen atoms in total. The van der Waals surface area contributed by atoms with Crippen molar-refractivity contribution >= 4 is 16.2 Å². The van der Waals surface area contributed by atoms with Gasteiger partial charge < -0.3 is 28.1 Å². The topological polar surface area (TPSA) is 50.5 Å². The van der Waals surface area contributed by atoms with Crippen LogP contribution in [0.2, 0.25) is 0 Å². The second-order valence-electron chi connectivity index (χ2n) is 6.12. The van der Waals surface area contributed by atoms with Crippen LogP contribution in [0.1, 0.15) is 32.6 Å². The fourth-order valence-corrected chi connectivity index (χ4v) is 4.30. The highest BCUT2D eigenvalue weighted by Gasteiger charge is 2.46. The minimum absolute atomic E-state index is 0.0301. The van der Waals surface area contributed by atoms with Crippen LogP contribution in [0.15, 0.2) is 0 Å². The molecule has 0 amide bonds. The molecule has 0 aromatic carbocycles. The summed E-state index contributed by atoms with van der Waals surface area (Å²) in [5.74, 6) is 0. The minimum atomic E-state index is -1.10. The molecule has 1 aliphatic heterocycles. The lowest BCUT2D eigenvalue weighted by molar-refractivity contribution is -0.101. The van der Waals surface area contributed by atoms with E-state index in [0.717, 1.165) is 25.7 Å². The second kappa shape index (κ2) is 10.1. The Hall–Kier alpha value is -0.215. The third kappa shape index (κ3) is 5.14. The molecule has 1 saturated heterocycles. The Bertz CT molecular complexity index is 424. The number of hydrogen-bond donors (Lipinski definition) is 0. The van der Waals surface area contributed by atoms with E-state index in [9.17, 15) is 0 Å². The third-order valence-corrected chi connectivity index (χ3v) is 5.61. The Morgan fingerprint density at radius 1 is 1.29 bits per heavy atom. The maximum absolute atomic E-state index is 6.80. The molecule has 1 saturated carbocycles. The van der Waals surface area contributed by atoms with Crippen molar-refractivity contribution in [1.29, 1.82) is 0 Å². The van der Waals surface area contributed by atoms with Crippen molar-refractivity contribution in [2.75, 3.05) is 26.9 Å². The second-order valence-corrected chi connectivity index (χ2v) is 7.46. The van der Waals surface area contributed by atoms with Crippen molar-refractivity contribution in [2.24, 2.45) is 0 Å². The molecule has 8 heteroatoms. The van der Waals surface area contributed by atoms with Crippen LogP contribution >= 0.6 is 8.38 Å². The molecular formula is C16H27BNO5P. The number of hydrogen-bond acceptors (Lipinski definition) is 5. The van der Waals surface area contributed by atoms with Gasteiger partial charge in [-0.15, -0.1) is 0 Å². The van der Waals surface area contributed by atoms with Gasteiger partial charge in [0, 0.05) is 19.8 Å². The molecule has 2 unspecified atom stereocenters. The molecule has 7 atom stereocenters. The van der Waals surface area contributed by atoms with Crippen LogP contribution in [0.25, 0.3) is 4.85 Å². The van der Waals surface area contributed by atoms with Gasteiger partial charge >= 0.3 is 0 Å². The van der Waals surface area contributed by atoms with Crippen molar-refractivity contribution in [3.05, 3.63) is 11.4 Å². The van der Waals surface area contributed by atoms with E-state index in [1.807, 2.05) is 13.6 Å². The van der Waals surface area contributed by atoms with Gasteiger partial charge in [0.05, 0.1) is 18.3 Å². The van der Waals surface area contributed by atoms with E-state index in [1.165, 1.54) is 0 Å². The molecule has 0 spiro atoms. The Labute approximate surface area is 147 Å². The zero-order valence-electron chi connectivity index (χ0n) is 14.7. The SMILES string of the molecule is [B][C@@H]1O[C@H](CC)C(OP(C)OCC[N+]#[C-])[C@@H]1O[C@@H]1CCC[C@H]1OC. The average Bonchev–Trinajstić information content (AvgIpc) is 3.14. The average molecular weight is 355 g/mol. The molecule has 0 bridgehead atoms. The molecule has 2 radical (unpaired) electrons. The summed E-state index contributed by atoms with van der Waals surface area (Å²) in [4.78, 5) is 3.28. The maximum Gasteiger partial charge on any atom is 0.238 e. The van der Waals surface area contributed by atoms with Crippen LogP contribution in [-0.2, 0) is 23.3 Å². The van der Waals surface area contributed by atoms with Crippen LogP contribution in [-0.4, -0.2) is 71.3 Å². The van der Waals surface area contributed by atoms with E-state index in [2.05, 4.69) is 4.85 Å². The smallest absolute Gasteiger partial charge is 0.238 e. The van der Waals surface area contributed by atoms with Crippen LogP contribution in [0, 0.1) is 6.57 Å². The number of ether oxygens (including phenoxy) is 3. The Morgan fingerprint density at radius 3 is 2.71 bits per heavy atom. The molecule has 2 rings (SSSR count). The molecule has 24 heavy (non-hydrogen) atoms. The fraction of sp³-hybridized carbons (Fsp3) is 0.938. The van der Waals surface area contributed by atoms with Crippen molar-refractivity contribution in [1.82, 2.24) is 0 Å². The van der Waals surface area contributed by atoms with Crippen LogP contribution < -0.4 is 0 Å². The molecule has 1 aliphatic carbocycles. The van der Waals surface area contributed by atoms with Gasteiger partial charge in [0.1, 0.15) is 26.7 Å². The van der Waals surface area contributed by atoms with Gasteiger partial charge in [-0.1, -0.05) is 6.92 Å². The third-order valence-electron chi connectivity index (χ3n) is 4.52. The van der Waals surface area contributed by atoms with Gasteiger partial charge in [0.2, 0.25) is 6.54 Å². The highest BCUT2D eigenvalue weighted by atomic mass is 31.2. The molecular weight excluding hydrogens is 328 g/mol. The first-order chi connectivity index (χ1) is 11.6. The van der Waals surface area contributed by atoms with Gasteiger partial charge in [-0.3, -0.25) is 0 Å². The zero-order valence-corrected chi connectivity index (χ0v) is 15.6. The van der Waals surface area contributed by atoms with Gasteiger partial charge in [0.15, 0.2) is 8.38 Å². The lowest BCUT2D eigenvalue weighted by atomic mass is 9.92. The lowest BCUT2D eigenvalue weighted by Crippen LogP contribution is -2.41. The predicted octanol–water partition coefficient (Wildman–Crippen LogP) is 2.51. The molecule has 0 N–H and O–H groups in total. The fourth-order valence-electron chi connectivity index (χ4n) is 3.30. The monoisotopic (exact) mass is 355 g/mol. The largest absolute Gasteiger partial charge is 0.379 e. The standard InChI is InChI=1S/C16H27BNO5P/c1-5-11-14(23-24(4)20-10-9-18-2)15(16(17)22-11)21-13-8-6-7-12(13)19-3/h11-16H,5-10H2,1,3-4H3/t11-,12-,13-,14?,15+,16-,24?/m1/s1. The Kier molecular flexibility index (Phi) is 8.43. The van der Waals surface area contributed by atoms with Gasteiger partial charge in [0.25, 0.3) is 0 Å². The number of methoxy groups -OCH3 is 1. The van der Waals surface area contributed by atoms with Crippen molar-refractivity contribution in [3.63, 3.8) is 0 Å². The first-order valence-corrected chi connectivity index (χ1v) is 10.2. The maximum atomic E-state index is 6.80. The minimum Gasteiger partial charge on any atom is -0.379 e. The van der Waals surface area contributed by atoms with Crippen LogP contribution in [0.4, 0.5) is 0 Å². The Balaban J connectivity index is 1.96. The molecule has 2 fully saturated rings. The van der Waals surface area contributed by atoms with E-state index in [1.54, 1.807) is 7.11 Å². The molecule has 0 aromatic heterocycles. The van der Waals surface area contributed by atoms with E-state index in [-0.39, 0.29) is 30.5 Å². The van der Waals surface area contributed by atoms with Gasteiger partial charge in [-0.05, 0) is 25.7 Å².